The summed E-state index contributed by atoms with van der Waals surface area (Å²) >= 11 is 0. The van der Waals surface area contributed by atoms with E-state index in [1.165, 1.54) is 17.5 Å². The van der Waals surface area contributed by atoms with E-state index in [1.54, 1.807) is 0 Å². The highest BCUT2D eigenvalue weighted by molar-refractivity contribution is 5.78. The second kappa shape index (κ2) is 6.06. The molecule has 114 valence electrons. The van der Waals surface area contributed by atoms with E-state index in [4.69, 9.17) is 4.74 Å². The zero-order valence-electron chi connectivity index (χ0n) is 12.4. The van der Waals surface area contributed by atoms with Gasteiger partial charge in [0.2, 0.25) is 0 Å². The molecule has 21 heavy (non-hydrogen) atoms. The van der Waals surface area contributed by atoms with Crippen LogP contribution in [-0.2, 0) is 17.6 Å². The van der Waals surface area contributed by atoms with Crippen LogP contribution in [0.25, 0.3) is 0 Å². The van der Waals surface area contributed by atoms with Crippen LogP contribution in [0.15, 0.2) is 18.2 Å². The number of amides is 1. The van der Waals surface area contributed by atoms with Crippen LogP contribution < -0.4 is 10.1 Å². The van der Waals surface area contributed by atoms with Crippen molar-refractivity contribution in [2.75, 3.05) is 13.2 Å². The molecule has 2 aliphatic rings. The van der Waals surface area contributed by atoms with Crippen molar-refractivity contribution < 1.29 is 14.6 Å². The van der Waals surface area contributed by atoms with Gasteiger partial charge in [0.15, 0.2) is 6.61 Å². The Balaban J connectivity index is 1.54. The van der Waals surface area contributed by atoms with Crippen LogP contribution in [0.2, 0.25) is 0 Å². The summed E-state index contributed by atoms with van der Waals surface area (Å²) in [5.74, 6) is 0.613. The summed E-state index contributed by atoms with van der Waals surface area (Å²) in [6, 6.07) is 6.09. The van der Waals surface area contributed by atoms with Crippen LogP contribution in [0.5, 0.6) is 5.75 Å². The Morgan fingerprint density at radius 3 is 2.71 bits per heavy atom. The lowest BCUT2D eigenvalue weighted by atomic mass is 9.99. The molecule has 1 fully saturated rings. The third-order valence-corrected chi connectivity index (χ3v) is 4.71. The van der Waals surface area contributed by atoms with Gasteiger partial charge >= 0.3 is 0 Å². The molecule has 1 saturated carbocycles. The van der Waals surface area contributed by atoms with Crippen molar-refractivity contribution in [3.63, 3.8) is 0 Å². The van der Waals surface area contributed by atoms with Crippen molar-refractivity contribution in [1.82, 2.24) is 5.32 Å². The SMILES string of the molecule is O=C(COc1ccc2c(c1)CCC2)NC1(CO)CCCC1. The van der Waals surface area contributed by atoms with Crippen LogP contribution in [0, 0.1) is 0 Å². The van der Waals surface area contributed by atoms with Crippen LogP contribution in [-0.4, -0.2) is 29.8 Å². The van der Waals surface area contributed by atoms with Crippen molar-refractivity contribution in [2.24, 2.45) is 0 Å². The number of aliphatic hydroxyl groups is 1. The third-order valence-electron chi connectivity index (χ3n) is 4.71. The van der Waals surface area contributed by atoms with E-state index >= 15 is 0 Å². The smallest absolute Gasteiger partial charge is 0.258 e. The Morgan fingerprint density at radius 1 is 1.19 bits per heavy atom. The van der Waals surface area contributed by atoms with Crippen molar-refractivity contribution >= 4 is 5.91 Å². The lowest BCUT2D eigenvalue weighted by Gasteiger charge is -2.27. The number of hydrogen-bond donors (Lipinski definition) is 2. The number of rotatable bonds is 5. The summed E-state index contributed by atoms with van der Waals surface area (Å²) in [6.45, 7) is 0.0259. The molecule has 1 aromatic rings. The number of aliphatic hydroxyl groups excluding tert-OH is 1. The van der Waals surface area contributed by atoms with Gasteiger partial charge in [0.05, 0.1) is 12.1 Å². The van der Waals surface area contributed by atoms with Gasteiger partial charge < -0.3 is 15.2 Å². The third kappa shape index (κ3) is 3.21. The highest BCUT2D eigenvalue weighted by Crippen LogP contribution is 2.29. The van der Waals surface area contributed by atoms with Gasteiger partial charge in [0, 0.05) is 0 Å². The normalized spacial score (nSPS) is 19.3. The summed E-state index contributed by atoms with van der Waals surface area (Å²) in [7, 11) is 0. The number of ether oxygens (including phenoxy) is 1. The maximum absolute atomic E-state index is 12.0. The molecule has 4 heteroatoms. The summed E-state index contributed by atoms with van der Waals surface area (Å²) in [5.41, 5.74) is 2.32. The van der Waals surface area contributed by atoms with Gasteiger partial charge in [-0.05, 0) is 55.4 Å². The van der Waals surface area contributed by atoms with E-state index < -0.39 is 5.54 Å². The predicted molar refractivity (Wildman–Crippen MR) is 80.4 cm³/mol. The van der Waals surface area contributed by atoms with Gasteiger partial charge in [-0.3, -0.25) is 4.79 Å². The highest BCUT2D eigenvalue weighted by Gasteiger charge is 2.34. The lowest BCUT2D eigenvalue weighted by Crippen LogP contribution is -2.50. The van der Waals surface area contributed by atoms with E-state index in [0.717, 1.165) is 44.3 Å². The number of hydrogen-bond acceptors (Lipinski definition) is 3. The molecule has 1 aromatic carbocycles. The van der Waals surface area contributed by atoms with Crippen LogP contribution in [0.1, 0.15) is 43.2 Å². The van der Waals surface area contributed by atoms with E-state index in [1.807, 2.05) is 12.1 Å². The Labute approximate surface area is 125 Å². The molecule has 0 heterocycles. The Morgan fingerprint density at radius 2 is 1.95 bits per heavy atom. The van der Waals surface area contributed by atoms with Gasteiger partial charge in [-0.1, -0.05) is 18.9 Å². The summed E-state index contributed by atoms with van der Waals surface area (Å²) in [6.07, 6.45) is 7.29. The monoisotopic (exact) mass is 289 g/mol. The quantitative estimate of drug-likeness (QED) is 0.871. The lowest BCUT2D eigenvalue weighted by molar-refractivity contribution is -0.125. The molecule has 3 rings (SSSR count). The first-order valence-electron chi connectivity index (χ1n) is 7.87. The molecule has 4 nitrogen and oxygen atoms in total. The minimum atomic E-state index is -0.418. The Hall–Kier alpha value is -1.55. The molecule has 0 bridgehead atoms. The molecule has 0 spiro atoms. The maximum Gasteiger partial charge on any atom is 0.258 e. The fraction of sp³-hybridized carbons (Fsp3) is 0.588. The largest absolute Gasteiger partial charge is 0.484 e. The minimum absolute atomic E-state index is 0.0115. The van der Waals surface area contributed by atoms with E-state index in [2.05, 4.69) is 11.4 Å². The highest BCUT2D eigenvalue weighted by atomic mass is 16.5. The minimum Gasteiger partial charge on any atom is -0.484 e. The second-order valence-electron chi connectivity index (χ2n) is 6.27. The van der Waals surface area contributed by atoms with E-state index in [9.17, 15) is 9.90 Å². The summed E-state index contributed by atoms with van der Waals surface area (Å²) < 4.78 is 5.60. The molecular formula is C17H23NO3. The molecule has 0 atom stereocenters. The molecule has 2 aliphatic carbocycles. The number of carbonyl (C=O) groups excluding carboxylic acids is 1. The molecular weight excluding hydrogens is 266 g/mol. The fourth-order valence-electron chi connectivity index (χ4n) is 3.49. The number of fused-ring (bicyclic) bond motifs is 1. The first kappa shape index (κ1) is 14.4. The average Bonchev–Trinajstić information content (AvgIpc) is 3.14. The Kier molecular flexibility index (Phi) is 4.15. The van der Waals surface area contributed by atoms with Crippen LogP contribution in [0.4, 0.5) is 0 Å². The fourth-order valence-corrected chi connectivity index (χ4v) is 3.49. The zero-order valence-corrected chi connectivity index (χ0v) is 12.4. The maximum atomic E-state index is 12.0. The van der Waals surface area contributed by atoms with Crippen molar-refractivity contribution in [2.45, 2.75) is 50.5 Å². The van der Waals surface area contributed by atoms with Gasteiger partial charge in [0.1, 0.15) is 5.75 Å². The molecule has 2 N–H and O–H groups in total. The van der Waals surface area contributed by atoms with Crippen molar-refractivity contribution in [1.29, 1.82) is 0 Å². The van der Waals surface area contributed by atoms with Crippen molar-refractivity contribution in [3.05, 3.63) is 29.3 Å². The number of aryl methyl sites for hydroxylation is 2. The molecule has 1 amide bonds. The second-order valence-corrected chi connectivity index (χ2v) is 6.27. The first-order valence-corrected chi connectivity index (χ1v) is 7.87. The Bertz CT molecular complexity index is 521. The standard InChI is InChI=1S/C17H23NO3/c19-12-17(8-1-2-9-17)18-16(20)11-21-15-7-6-13-4-3-5-14(13)10-15/h6-7,10,19H,1-5,8-9,11-12H2,(H,18,20). The van der Waals surface area contributed by atoms with Crippen LogP contribution in [0.3, 0.4) is 0 Å². The molecule has 0 aromatic heterocycles. The number of nitrogens with one attached hydrogen (secondary N) is 1. The zero-order chi connectivity index (χ0) is 14.7. The van der Waals surface area contributed by atoms with Crippen molar-refractivity contribution in [3.8, 4) is 5.75 Å². The van der Waals surface area contributed by atoms with Gasteiger partial charge in [0.25, 0.3) is 5.91 Å². The molecule has 0 aliphatic heterocycles. The summed E-state index contributed by atoms with van der Waals surface area (Å²) in [5, 5.41) is 12.5. The predicted octanol–water partition coefficient (Wildman–Crippen LogP) is 1.98. The molecule has 0 radical (unpaired) electrons. The van der Waals surface area contributed by atoms with Gasteiger partial charge in [-0.15, -0.1) is 0 Å². The molecule has 0 unspecified atom stereocenters. The van der Waals surface area contributed by atoms with Crippen LogP contribution >= 0.6 is 0 Å². The number of carbonyl (C=O) groups is 1. The van der Waals surface area contributed by atoms with Gasteiger partial charge in [-0.25, -0.2) is 0 Å². The topological polar surface area (TPSA) is 58.6 Å². The summed E-state index contributed by atoms with van der Waals surface area (Å²) in [4.78, 5) is 12.0. The average molecular weight is 289 g/mol. The van der Waals surface area contributed by atoms with Gasteiger partial charge in [-0.2, -0.15) is 0 Å². The number of benzene rings is 1. The van der Waals surface area contributed by atoms with E-state index in [-0.39, 0.29) is 19.1 Å². The first-order chi connectivity index (χ1) is 10.2. The van der Waals surface area contributed by atoms with E-state index in [0.29, 0.717) is 0 Å². The molecule has 0 saturated heterocycles.